The van der Waals surface area contributed by atoms with E-state index in [2.05, 4.69) is 9.88 Å². The molecular weight excluding hydrogens is 282 g/mol. The number of ether oxygens (including phenoxy) is 2. The van der Waals surface area contributed by atoms with Gasteiger partial charge in [-0.15, -0.1) is 0 Å². The van der Waals surface area contributed by atoms with Gasteiger partial charge >= 0.3 is 0 Å². The minimum atomic E-state index is 0.0102. The van der Waals surface area contributed by atoms with Crippen molar-refractivity contribution >= 4 is 5.91 Å². The summed E-state index contributed by atoms with van der Waals surface area (Å²) in [5, 5.41) is 0. The van der Waals surface area contributed by atoms with Crippen LogP contribution in [-0.4, -0.2) is 73.2 Å². The number of rotatable bonds is 6. The van der Waals surface area contributed by atoms with E-state index in [1.165, 1.54) is 12.8 Å². The Bertz CT molecular complexity index is 511. The van der Waals surface area contributed by atoms with Crippen molar-refractivity contribution in [1.29, 1.82) is 0 Å². The average molecular weight is 305 g/mol. The minimum absolute atomic E-state index is 0.0102. The molecule has 6 heteroatoms. The van der Waals surface area contributed by atoms with Crippen molar-refractivity contribution in [2.75, 3.05) is 46.5 Å². The first-order valence-corrected chi connectivity index (χ1v) is 7.89. The van der Waals surface area contributed by atoms with Crippen LogP contribution in [0.4, 0.5) is 0 Å². The zero-order valence-corrected chi connectivity index (χ0v) is 13.0. The molecule has 0 radical (unpaired) electrons. The van der Waals surface area contributed by atoms with Crippen LogP contribution >= 0.6 is 0 Å². The van der Waals surface area contributed by atoms with Gasteiger partial charge in [-0.3, -0.25) is 9.69 Å². The predicted octanol–water partition coefficient (Wildman–Crippen LogP) is 1.03. The third-order valence-electron chi connectivity index (χ3n) is 4.19. The van der Waals surface area contributed by atoms with Gasteiger partial charge in [-0.1, -0.05) is 0 Å². The molecule has 1 saturated carbocycles. The largest absolute Gasteiger partial charge is 0.475 e. The van der Waals surface area contributed by atoms with Gasteiger partial charge in [0.2, 0.25) is 5.88 Å². The van der Waals surface area contributed by atoms with E-state index in [9.17, 15) is 4.79 Å². The Balaban J connectivity index is 1.61. The Morgan fingerprint density at radius 2 is 2.05 bits per heavy atom. The summed E-state index contributed by atoms with van der Waals surface area (Å²) in [6.45, 7) is 4.37. The minimum Gasteiger partial charge on any atom is -0.475 e. The highest BCUT2D eigenvalue weighted by molar-refractivity contribution is 5.96. The van der Waals surface area contributed by atoms with Gasteiger partial charge in [-0.2, -0.15) is 0 Å². The van der Waals surface area contributed by atoms with E-state index >= 15 is 0 Å². The molecule has 1 saturated heterocycles. The standard InChI is InChI=1S/C16H23N3O3/c1-21-11-12-22-15-14(3-2-6-17-15)16(20)19-9-7-18(8-10-19)13-4-5-13/h2-3,6,13H,4-5,7-12H2,1H3. The lowest BCUT2D eigenvalue weighted by Gasteiger charge is -2.35. The molecule has 0 N–H and O–H groups in total. The molecule has 0 spiro atoms. The highest BCUT2D eigenvalue weighted by Gasteiger charge is 2.33. The van der Waals surface area contributed by atoms with Crippen molar-refractivity contribution in [3.63, 3.8) is 0 Å². The van der Waals surface area contributed by atoms with Crippen LogP contribution in [0, 0.1) is 0 Å². The summed E-state index contributed by atoms with van der Waals surface area (Å²) in [6.07, 6.45) is 4.27. The summed E-state index contributed by atoms with van der Waals surface area (Å²) in [4.78, 5) is 21.3. The molecule has 1 aliphatic carbocycles. The Morgan fingerprint density at radius 3 is 2.73 bits per heavy atom. The molecule has 1 aromatic rings. The second-order valence-electron chi connectivity index (χ2n) is 5.76. The Hall–Kier alpha value is -1.66. The third-order valence-corrected chi connectivity index (χ3v) is 4.19. The summed E-state index contributed by atoms with van der Waals surface area (Å²) in [7, 11) is 1.62. The van der Waals surface area contributed by atoms with Crippen LogP contribution in [0.5, 0.6) is 5.88 Å². The second-order valence-corrected chi connectivity index (χ2v) is 5.76. The molecule has 22 heavy (non-hydrogen) atoms. The highest BCUT2D eigenvalue weighted by atomic mass is 16.5. The summed E-state index contributed by atoms with van der Waals surface area (Å²) < 4.78 is 10.5. The molecule has 2 heterocycles. The van der Waals surface area contributed by atoms with Crippen molar-refractivity contribution in [1.82, 2.24) is 14.8 Å². The van der Waals surface area contributed by atoms with Gasteiger partial charge in [0.25, 0.3) is 5.91 Å². The van der Waals surface area contributed by atoms with Crippen LogP contribution in [0.1, 0.15) is 23.2 Å². The first-order valence-electron chi connectivity index (χ1n) is 7.89. The molecule has 3 rings (SSSR count). The summed E-state index contributed by atoms with van der Waals surface area (Å²) in [6, 6.07) is 4.32. The number of piperazine rings is 1. The van der Waals surface area contributed by atoms with E-state index < -0.39 is 0 Å². The number of amides is 1. The number of carbonyl (C=O) groups is 1. The lowest BCUT2D eigenvalue weighted by molar-refractivity contribution is 0.0620. The number of aromatic nitrogens is 1. The first-order chi connectivity index (χ1) is 10.8. The van der Waals surface area contributed by atoms with E-state index in [0.717, 1.165) is 32.2 Å². The normalized spacial score (nSPS) is 19.2. The van der Waals surface area contributed by atoms with Crippen LogP contribution in [0.25, 0.3) is 0 Å². The third kappa shape index (κ3) is 3.56. The number of carbonyl (C=O) groups excluding carboxylic acids is 1. The van der Waals surface area contributed by atoms with Crippen molar-refractivity contribution in [2.24, 2.45) is 0 Å². The number of hydrogen-bond donors (Lipinski definition) is 0. The molecule has 0 atom stereocenters. The fourth-order valence-electron chi connectivity index (χ4n) is 2.79. The van der Waals surface area contributed by atoms with Gasteiger partial charge in [-0.25, -0.2) is 4.98 Å². The Labute approximate surface area is 131 Å². The lowest BCUT2D eigenvalue weighted by atomic mass is 10.2. The molecule has 0 unspecified atom stereocenters. The molecule has 2 aliphatic rings. The first kappa shape index (κ1) is 15.2. The molecule has 2 fully saturated rings. The quantitative estimate of drug-likeness (QED) is 0.735. The topological polar surface area (TPSA) is 54.9 Å². The van der Waals surface area contributed by atoms with Crippen molar-refractivity contribution in [3.8, 4) is 5.88 Å². The van der Waals surface area contributed by atoms with Gasteiger partial charge in [0.1, 0.15) is 12.2 Å². The van der Waals surface area contributed by atoms with Crippen LogP contribution in [0.2, 0.25) is 0 Å². The lowest BCUT2D eigenvalue weighted by Crippen LogP contribution is -2.49. The van der Waals surface area contributed by atoms with Gasteiger partial charge in [0.15, 0.2) is 0 Å². The van der Waals surface area contributed by atoms with E-state index in [1.54, 1.807) is 25.4 Å². The smallest absolute Gasteiger partial charge is 0.259 e. The molecule has 0 bridgehead atoms. The summed E-state index contributed by atoms with van der Waals surface area (Å²) in [5.74, 6) is 0.408. The number of hydrogen-bond acceptors (Lipinski definition) is 5. The molecule has 1 amide bonds. The van der Waals surface area contributed by atoms with Crippen LogP contribution in [0.3, 0.4) is 0 Å². The number of nitrogens with zero attached hydrogens (tertiary/aromatic N) is 3. The fourth-order valence-corrected chi connectivity index (χ4v) is 2.79. The van der Waals surface area contributed by atoms with Crippen molar-refractivity contribution < 1.29 is 14.3 Å². The zero-order valence-electron chi connectivity index (χ0n) is 13.0. The summed E-state index contributed by atoms with van der Waals surface area (Å²) in [5.41, 5.74) is 0.540. The maximum atomic E-state index is 12.7. The number of pyridine rings is 1. The van der Waals surface area contributed by atoms with Gasteiger partial charge < -0.3 is 14.4 Å². The maximum Gasteiger partial charge on any atom is 0.259 e. The van der Waals surface area contributed by atoms with E-state index in [1.807, 2.05) is 4.90 Å². The van der Waals surface area contributed by atoms with Crippen LogP contribution < -0.4 is 4.74 Å². The van der Waals surface area contributed by atoms with Crippen LogP contribution in [-0.2, 0) is 4.74 Å². The van der Waals surface area contributed by atoms with Gasteiger partial charge in [0, 0.05) is 45.5 Å². The SMILES string of the molecule is COCCOc1ncccc1C(=O)N1CCN(C2CC2)CC1. The summed E-state index contributed by atoms with van der Waals surface area (Å²) >= 11 is 0. The highest BCUT2D eigenvalue weighted by Crippen LogP contribution is 2.28. The van der Waals surface area contributed by atoms with E-state index in [-0.39, 0.29) is 5.91 Å². The van der Waals surface area contributed by atoms with Crippen molar-refractivity contribution in [2.45, 2.75) is 18.9 Å². The monoisotopic (exact) mass is 305 g/mol. The fraction of sp³-hybridized carbons (Fsp3) is 0.625. The second kappa shape index (κ2) is 7.07. The molecule has 1 aliphatic heterocycles. The molecular formula is C16H23N3O3. The maximum absolute atomic E-state index is 12.7. The zero-order chi connectivity index (χ0) is 15.4. The number of methoxy groups -OCH3 is 1. The van der Waals surface area contributed by atoms with Crippen LogP contribution in [0.15, 0.2) is 18.3 Å². The average Bonchev–Trinajstić information content (AvgIpc) is 3.40. The predicted molar refractivity (Wildman–Crippen MR) is 82.1 cm³/mol. The molecule has 120 valence electrons. The van der Waals surface area contributed by atoms with E-state index in [0.29, 0.717) is 24.7 Å². The van der Waals surface area contributed by atoms with Gasteiger partial charge in [0.05, 0.1) is 6.61 Å². The molecule has 6 nitrogen and oxygen atoms in total. The Morgan fingerprint density at radius 1 is 1.27 bits per heavy atom. The Kier molecular flexibility index (Phi) is 4.90. The molecule has 1 aromatic heterocycles. The molecule has 0 aromatic carbocycles. The van der Waals surface area contributed by atoms with Gasteiger partial charge in [-0.05, 0) is 25.0 Å². The van der Waals surface area contributed by atoms with E-state index in [4.69, 9.17) is 9.47 Å². The van der Waals surface area contributed by atoms with Crippen molar-refractivity contribution in [3.05, 3.63) is 23.9 Å².